The van der Waals surface area contributed by atoms with Gasteiger partial charge in [0.2, 0.25) is 0 Å². The van der Waals surface area contributed by atoms with Crippen LogP contribution in [0.2, 0.25) is 0 Å². The summed E-state index contributed by atoms with van der Waals surface area (Å²) in [7, 11) is 1.70. The van der Waals surface area contributed by atoms with Crippen LogP contribution in [0.25, 0.3) is 11.3 Å². The Balaban J connectivity index is 1.61. The molecule has 122 valence electrons. The fraction of sp³-hybridized carbons (Fsp3) is 0.500. The molecule has 4 rings (SSSR count). The number of ether oxygens (including phenoxy) is 2. The molecule has 2 aromatic rings. The van der Waals surface area contributed by atoms with Gasteiger partial charge in [0.05, 0.1) is 12.8 Å². The molecule has 0 aliphatic carbocycles. The van der Waals surface area contributed by atoms with Crippen molar-refractivity contribution in [2.75, 3.05) is 26.9 Å². The molecule has 2 aliphatic heterocycles. The number of methoxy groups -OCH3 is 1. The van der Waals surface area contributed by atoms with Crippen LogP contribution in [0, 0.1) is 0 Å². The molecule has 3 heterocycles. The van der Waals surface area contributed by atoms with E-state index in [9.17, 15) is 0 Å². The molecule has 2 aliphatic rings. The zero-order valence-corrected chi connectivity index (χ0v) is 13.5. The second-order valence-corrected chi connectivity index (χ2v) is 6.33. The van der Waals surface area contributed by atoms with Crippen molar-refractivity contribution in [1.29, 1.82) is 0 Å². The number of aromatic amines is 1. The van der Waals surface area contributed by atoms with Crippen LogP contribution in [0.3, 0.4) is 0 Å². The SMILES string of the molecule is COc1cccc(-c2n[nH]c3c2CN(C2CCOCC2)CC3)c1. The summed E-state index contributed by atoms with van der Waals surface area (Å²) in [5.74, 6) is 0.872. The summed E-state index contributed by atoms with van der Waals surface area (Å²) in [5.41, 5.74) is 4.81. The third kappa shape index (κ3) is 2.86. The zero-order valence-electron chi connectivity index (χ0n) is 13.5. The first kappa shape index (κ1) is 14.7. The summed E-state index contributed by atoms with van der Waals surface area (Å²) in [5, 5.41) is 7.83. The molecule has 0 bridgehead atoms. The van der Waals surface area contributed by atoms with E-state index in [1.165, 1.54) is 11.3 Å². The quantitative estimate of drug-likeness (QED) is 0.946. The first-order chi connectivity index (χ1) is 11.3. The topological polar surface area (TPSA) is 50.4 Å². The number of nitrogens with one attached hydrogen (secondary N) is 1. The Morgan fingerprint density at radius 2 is 2.17 bits per heavy atom. The van der Waals surface area contributed by atoms with Crippen LogP contribution in [0.5, 0.6) is 5.75 Å². The highest BCUT2D eigenvalue weighted by Gasteiger charge is 2.28. The van der Waals surface area contributed by atoms with Crippen molar-refractivity contribution in [1.82, 2.24) is 15.1 Å². The van der Waals surface area contributed by atoms with Crippen molar-refractivity contribution in [2.45, 2.75) is 31.8 Å². The van der Waals surface area contributed by atoms with Gasteiger partial charge in [-0.3, -0.25) is 10.00 Å². The molecule has 0 amide bonds. The van der Waals surface area contributed by atoms with Crippen LogP contribution >= 0.6 is 0 Å². The number of rotatable bonds is 3. The Labute approximate surface area is 136 Å². The minimum atomic E-state index is 0.643. The van der Waals surface area contributed by atoms with Gasteiger partial charge in [-0.1, -0.05) is 12.1 Å². The van der Waals surface area contributed by atoms with Gasteiger partial charge < -0.3 is 9.47 Å². The van der Waals surface area contributed by atoms with E-state index in [0.717, 1.165) is 62.6 Å². The van der Waals surface area contributed by atoms with Crippen LogP contribution in [-0.2, 0) is 17.7 Å². The smallest absolute Gasteiger partial charge is 0.119 e. The molecule has 1 saturated heterocycles. The third-order valence-electron chi connectivity index (χ3n) is 5.01. The average molecular weight is 313 g/mol. The molecule has 0 atom stereocenters. The lowest BCUT2D eigenvalue weighted by molar-refractivity contribution is 0.0290. The molecule has 5 heteroatoms. The van der Waals surface area contributed by atoms with E-state index in [-0.39, 0.29) is 0 Å². The highest BCUT2D eigenvalue weighted by molar-refractivity contribution is 5.65. The summed E-state index contributed by atoms with van der Waals surface area (Å²) in [6.45, 7) is 3.87. The van der Waals surface area contributed by atoms with E-state index < -0.39 is 0 Å². The largest absolute Gasteiger partial charge is 0.497 e. The summed E-state index contributed by atoms with van der Waals surface area (Å²) < 4.78 is 10.9. The van der Waals surface area contributed by atoms with E-state index in [2.05, 4.69) is 27.2 Å². The molecule has 1 aromatic carbocycles. The van der Waals surface area contributed by atoms with Gasteiger partial charge >= 0.3 is 0 Å². The molecule has 0 spiro atoms. The normalized spacial score (nSPS) is 19.5. The number of nitrogens with zero attached hydrogens (tertiary/aromatic N) is 2. The number of hydrogen-bond acceptors (Lipinski definition) is 4. The minimum Gasteiger partial charge on any atom is -0.497 e. The van der Waals surface area contributed by atoms with Crippen LogP contribution in [0.4, 0.5) is 0 Å². The molecule has 0 unspecified atom stereocenters. The number of aromatic nitrogens is 2. The predicted octanol–water partition coefficient (Wildman–Crippen LogP) is 2.62. The molecule has 23 heavy (non-hydrogen) atoms. The van der Waals surface area contributed by atoms with Crippen molar-refractivity contribution in [3.63, 3.8) is 0 Å². The number of benzene rings is 1. The highest BCUT2D eigenvalue weighted by atomic mass is 16.5. The van der Waals surface area contributed by atoms with E-state index in [1.54, 1.807) is 7.11 Å². The molecule has 0 saturated carbocycles. The fourth-order valence-electron chi connectivity index (χ4n) is 3.69. The second kappa shape index (κ2) is 6.34. The molecule has 1 aromatic heterocycles. The lowest BCUT2D eigenvalue weighted by Gasteiger charge is -2.36. The molecule has 0 radical (unpaired) electrons. The van der Waals surface area contributed by atoms with Crippen molar-refractivity contribution in [3.05, 3.63) is 35.5 Å². The van der Waals surface area contributed by atoms with Crippen LogP contribution in [0.15, 0.2) is 24.3 Å². The average Bonchev–Trinajstić information content (AvgIpc) is 3.05. The lowest BCUT2D eigenvalue weighted by Crippen LogP contribution is -2.42. The van der Waals surface area contributed by atoms with E-state index >= 15 is 0 Å². The summed E-state index contributed by atoms with van der Waals surface area (Å²) >= 11 is 0. The minimum absolute atomic E-state index is 0.643. The van der Waals surface area contributed by atoms with Gasteiger partial charge in [-0.05, 0) is 25.0 Å². The van der Waals surface area contributed by atoms with Crippen molar-refractivity contribution >= 4 is 0 Å². The monoisotopic (exact) mass is 313 g/mol. The van der Waals surface area contributed by atoms with Crippen molar-refractivity contribution in [3.8, 4) is 17.0 Å². The Morgan fingerprint density at radius 1 is 1.30 bits per heavy atom. The van der Waals surface area contributed by atoms with Crippen LogP contribution in [0.1, 0.15) is 24.1 Å². The van der Waals surface area contributed by atoms with Gasteiger partial charge in [-0.2, -0.15) is 5.10 Å². The maximum atomic E-state index is 5.50. The van der Waals surface area contributed by atoms with Gasteiger partial charge in [0.25, 0.3) is 0 Å². The maximum Gasteiger partial charge on any atom is 0.119 e. The molecule has 5 nitrogen and oxygen atoms in total. The van der Waals surface area contributed by atoms with E-state index in [1.807, 2.05) is 12.1 Å². The molecular weight excluding hydrogens is 290 g/mol. The molecule has 1 N–H and O–H groups in total. The first-order valence-corrected chi connectivity index (χ1v) is 8.37. The predicted molar refractivity (Wildman–Crippen MR) is 88.5 cm³/mol. The Bertz CT molecular complexity index is 677. The summed E-state index contributed by atoms with van der Waals surface area (Å²) in [4.78, 5) is 2.60. The van der Waals surface area contributed by atoms with Gasteiger partial charge in [0.1, 0.15) is 5.75 Å². The number of H-pyrrole nitrogens is 1. The first-order valence-electron chi connectivity index (χ1n) is 8.37. The Hall–Kier alpha value is -1.85. The molecular formula is C18H23N3O2. The van der Waals surface area contributed by atoms with Crippen LogP contribution < -0.4 is 4.74 Å². The number of fused-ring (bicyclic) bond motifs is 1. The zero-order chi connectivity index (χ0) is 15.6. The summed E-state index contributed by atoms with van der Waals surface area (Å²) in [6, 6.07) is 8.80. The van der Waals surface area contributed by atoms with E-state index in [4.69, 9.17) is 9.47 Å². The Morgan fingerprint density at radius 3 is 3.00 bits per heavy atom. The van der Waals surface area contributed by atoms with Gasteiger partial charge in [-0.25, -0.2) is 0 Å². The van der Waals surface area contributed by atoms with E-state index in [0.29, 0.717) is 6.04 Å². The third-order valence-corrected chi connectivity index (χ3v) is 5.01. The van der Waals surface area contributed by atoms with Gasteiger partial charge in [0, 0.05) is 55.6 Å². The fourth-order valence-corrected chi connectivity index (χ4v) is 3.69. The number of hydrogen-bond donors (Lipinski definition) is 1. The summed E-state index contributed by atoms with van der Waals surface area (Å²) in [6.07, 6.45) is 3.33. The van der Waals surface area contributed by atoms with Crippen molar-refractivity contribution < 1.29 is 9.47 Å². The Kier molecular flexibility index (Phi) is 4.06. The van der Waals surface area contributed by atoms with Gasteiger partial charge in [-0.15, -0.1) is 0 Å². The molecule has 1 fully saturated rings. The van der Waals surface area contributed by atoms with Crippen LogP contribution in [-0.4, -0.2) is 48.0 Å². The highest BCUT2D eigenvalue weighted by Crippen LogP contribution is 2.31. The maximum absolute atomic E-state index is 5.50. The van der Waals surface area contributed by atoms with Crippen molar-refractivity contribution in [2.24, 2.45) is 0 Å². The lowest BCUT2D eigenvalue weighted by atomic mass is 9.97. The standard InChI is InChI=1S/C18H23N3O2/c1-22-15-4-2-3-13(11-15)18-16-12-21(8-5-17(16)19-20-18)14-6-9-23-10-7-14/h2-4,11,14H,5-10,12H2,1H3,(H,19,20). The van der Waals surface area contributed by atoms with Gasteiger partial charge in [0.15, 0.2) is 0 Å². The second-order valence-electron chi connectivity index (χ2n) is 6.33.